The summed E-state index contributed by atoms with van der Waals surface area (Å²) < 4.78 is 38.0. The molecule has 0 aliphatic heterocycles. The first kappa shape index (κ1) is 16.3. The monoisotopic (exact) mass is 290 g/mol. The van der Waals surface area contributed by atoms with Crippen LogP contribution in [0.2, 0.25) is 0 Å². The van der Waals surface area contributed by atoms with Crippen molar-refractivity contribution in [1.82, 2.24) is 4.90 Å². The Hall–Kier alpha value is -1.76. The van der Waals surface area contributed by atoms with Crippen LogP contribution < -0.4 is 5.73 Å². The second-order valence-electron chi connectivity index (χ2n) is 4.32. The summed E-state index contributed by atoms with van der Waals surface area (Å²) >= 11 is 0. The third-order valence-electron chi connectivity index (χ3n) is 2.76. The van der Waals surface area contributed by atoms with E-state index in [9.17, 15) is 18.0 Å². The summed E-state index contributed by atoms with van der Waals surface area (Å²) in [5.41, 5.74) is 4.46. The molecule has 0 radical (unpaired) electrons. The Kier molecular flexibility index (Phi) is 5.38. The summed E-state index contributed by atoms with van der Waals surface area (Å²) in [7, 11) is 0. The fraction of sp³-hybridized carbons (Fsp3) is 0.462. The third-order valence-corrected chi connectivity index (χ3v) is 2.76. The molecule has 0 saturated carbocycles. The number of rotatable bonds is 5. The Morgan fingerprint density at radius 2 is 2.00 bits per heavy atom. The zero-order valence-electron chi connectivity index (χ0n) is 11.1. The summed E-state index contributed by atoms with van der Waals surface area (Å²) in [5.74, 6) is -0.607. The highest BCUT2D eigenvalue weighted by Crippen LogP contribution is 2.31. The van der Waals surface area contributed by atoms with E-state index in [4.69, 9.17) is 10.8 Å². The lowest BCUT2D eigenvalue weighted by molar-refractivity contribution is -0.137. The summed E-state index contributed by atoms with van der Waals surface area (Å²) in [6.07, 6.45) is -3.90. The molecule has 7 heteroatoms. The van der Waals surface area contributed by atoms with Crippen molar-refractivity contribution >= 4 is 11.6 Å². The second kappa shape index (κ2) is 6.60. The molecule has 1 rings (SSSR count). The molecule has 0 aromatic heterocycles. The molecule has 0 unspecified atom stereocenters. The Labute approximate surface area is 115 Å². The van der Waals surface area contributed by atoms with Gasteiger partial charge >= 0.3 is 6.18 Å². The van der Waals surface area contributed by atoms with Gasteiger partial charge in [0.05, 0.1) is 17.7 Å². The average Bonchev–Trinajstić information content (AvgIpc) is 2.37. The molecule has 1 aromatic carbocycles. The van der Waals surface area contributed by atoms with E-state index < -0.39 is 17.6 Å². The molecule has 4 nitrogen and oxygen atoms in total. The second-order valence-corrected chi connectivity index (χ2v) is 4.32. The van der Waals surface area contributed by atoms with Gasteiger partial charge in [0.25, 0.3) is 5.91 Å². The van der Waals surface area contributed by atoms with E-state index in [0.29, 0.717) is 13.0 Å². The molecule has 20 heavy (non-hydrogen) atoms. The number of carbonyl (C=O) groups excluding carboxylic acids is 1. The summed E-state index contributed by atoms with van der Waals surface area (Å²) in [4.78, 5) is 13.5. The minimum absolute atomic E-state index is 0.0120. The average molecular weight is 290 g/mol. The van der Waals surface area contributed by atoms with E-state index >= 15 is 0 Å². The Morgan fingerprint density at radius 1 is 1.35 bits per heavy atom. The number of hydrogen-bond acceptors (Lipinski definition) is 3. The highest BCUT2D eigenvalue weighted by Gasteiger charge is 2.32. The van der Waals surface area contributed by atoms with Gasteiger partial charge in [-0.1, -0.05) is 6.92 Å². The van der Waals surface area contributed by atoms with Gasteiger partial charge in [0.2, 0.25) is 0 Å². The lowest BCUT2D eigenvalue weighted by Gasteiger charge is -2.22. The zero-order valence-corrected chi connectivity index (χ0v) is 11.1. The highest BCUT2D eigenvalue weighted by molar-refractivity contribution is 5.99. The largest absolute Gasteiger partial charge is 0.416 e. The number of alkyl halides is 3. The number of amides is 1. The molecule has 0 spiro atoms. The first-order valence-corrected chi connectivity index (χ1v) is 6.18. The molecule has 112 valence electrons. The van der Waals surface area contributed by atoms with Gasteiger partial charge in [-0.05, 0) is 24.6 Å². The molecule has 1 amide bonds. The molecule has 3 N–H and O–H groups in total. The standard InChI is InChI=1S/C13H17F3N2O2/c1-2-5-18(6-7-19)12(20)10-8-9(13(14,15)16)3-4-11(10)17/h3-4,8,19H,2,5-7,17H2,1H3. The maximum atomic E-state index is 12.7. The van der Waals surface area contributed by atoms with Crippen molar-refractivity contribution in [3.8, 4) is 0 Å². The van der Waals surface area contributed by atoms with E-state index in [2.05, 4.69) is 0 Å². The molecular formula is C13H17F3N2O2. The zero-order chi connectivity index (χ0) is 15.3. The van der Waals surface area contributed by atoms with E-state index in [1.54, 1.807) is 0 Å². The number of hydrogen-bond donors (Lipinski definition) is 2. The maximum Gasteiger partial charge on any atom is 0.416 e. The van der Waals surface area contributed by atoms with Crippen LogP contribution in [0.1, 0.15) is 29.3 Å². The lowest BCUT2D eigenvalue weighted by Crippen LogP contribution is -2.34. The predicted octanol–water partition coefficient (Wildman–Crippen LogP) is 2.13. The van der Waals surface area contributed by atoms with Crippen LogP contribution in [0.5, 0.6) is 0 Å². The highest BCUT2D eigenvalue weighted by atomic mass is 19.4. The number of aliphatic hydroxyl groups excluding tert-OH is 1. The molecule has 0 saturated heterocycles. The maximum absolute atomic E-state index is 12.7. The van der Waals surface area contributed by atoms with Crippen LogP contribution in [0.3, 0.4) is 0 Å². The molecule has 0 heterocycles. The number of benzene rings is 1. The topological polar surface area (TPSA) is 66.6 Å². The van der Waals surface area contributed by atoms with Crippen molar-refractivity contribution in [3.05, 3.63) is 29.3 Å². The van der Waals surface area contributed by atoms with Crippen molar-refractivity contribution in [1.29, 1.82) is 0 Å². The first-order valence-electron chi connectivity index (χ1n) is 6.18. The Balaban J connectivity index is 3.13. The van der Waals surface area contributed by atoms with Crippen molar-refractivity contribution in [2.24, 2.45) is 0 Å². The number of nitrogens with two attached hydrogens (primary N) is 1. The molecule has 0 bridgehead atoms. The SMILES string of the molecule is CCCN(CCO)C(=O)c1cc(C(F)(F)F)ccc1N. The summed E-state index contributed by atoms with van der Waals surface area (Å²) in [6, 6.07) is 2.65. The number of nitrogens with zero attached hydrogens (tertiary/aromatic N) is 1. The van der Waals surface area contributed by atoms with Crippen LogP contribution in [-0.4, -0.2) is 35.6 Å². The summed E-state index contributed by atoms with van der Waals surface area (Å²) in [6.45, 7) is 1.97. The molecule has 0 aliphatic rings. The predicted molar refractivity (Wildman–Crippen MR) is 69.1 cm³/mol. The van der Waals surface area contributed by atoms with Gasteiger partial charge < -0.3 is 15.7 Å². The third kappa shape index (κ3) is 3.86. The van der Waals surface area contributed by atoms with Gasteiger partial charge in [-0.25, -0.2) is 0 Å². The number of carbonyl (C=O) groups is 1. The van der Waals surface area contributed by atoms with Crippen LogP contribution in [0, 0.1) is 0 Å². The fourth-order valence-electron chi connectivity index (χ4n) is 1.79. The first-order chi connectivity index (χ1) is 9.31. The molecular weight excluding hydrogens is 273 g/mol. The van der Waals surface area contributed by atoms with Gasteiger partial charge in [0, 0.05) is 18.8 Å². The summed E-state index contributed by atoms with van der Waals surface area (Å²) in [5, 5.41) is 8.91. The Bertz CT molecular complexity index is 469. The van der Waals surface area contributed by atoms with E-state index in [-0.39, 0.29) is 24.4 Å². The van der Waals surface area contributed by atoms with Crippen LogP contribution >= 0.6 is 0 Å². The van der Waals surface area contributed by atoms with E-state index in [1.807, 2.05) is 6.92 Å². The van der Waals surface area contributed by atoms with Gasteiger partial charge in [-0.3, -0.25) is 4.79 Å². The van der Waals surface area contributed by atoms with Gasteiger partial charge in [-0.15, -0.1) is 0 Å². The molecule has 0 fully saturated rings. The van der Waals surface area contributed by atoms with Crippen molar-refractivity contribution in [2.75, 3.05) is 25.4 Å². The van der Waals surface area contributed by atoms with Crippen molar-refractivity contribution < 1.29 is 23.1 Å². The quantitative estimate of drug-likeness (QED) is 0.816. The minimum Gasteiger partial charge on any atom is -0.398 e. The normalized spacial score (nSPS) is 11.4. The lowest BCUT2D eigenvalue weighted by atomic mass is 10.1. The van der Waals surface area contributed by atoms with E-state index in [1.165, 1.54) is 4.90 Å². The van der Waals surface area contributed by atoms with Crippen LogP contribution in [-0.2, 0) is 6.18 Å². The van der Waals surface area contributed by atoms with Gasteiger partial charge in [0.15, 0.2) is 0 Å². The Morgan fingerprint density at radius 3 is 2.50 bits per heavy atom. The number of anilines is 1. The van der Waals surface area contributed by atoms with Gasteiger partial charge in [-0.2, -0.15) is 13.2 Å². The van der Waals surface area contributed by atoms with Crippen molar-refractivity contribution in [2.45, 2.75) is 19.5 Å². The number of halogens is 3. The minimum atomic E-state index is -4.53. The van der Waals surface area contributed by atoms with Crippen LogP contribution in [0.25, 0.3) is 0 Å². The van der Waals surface area contributed by atoms with Gasteiger partial charge in [0.1, 0.15) is 0 Å². The van der Waals surface area contributed by atoms with E-state index in [0.717, 1.165) is 18.2 Å². The van der Waals surface area contributed by atoms with Crippen LogP contribution in [0.4, 0.5) is 18.9 Å². The molecule has 0 aliphatic carbocycles. The molecule has 1 aromatic rings. The smallest absolute Gasteiger partial charge is 0.398 e. The van der Waals surface area contributed by atoms with Crippen molar-refractivity contribution in [3.63, 3.8) is 0 Å². The fourth-order valence-corrected chi connectivity index (χ4v) is 1.79. The number of nitrogen functional groups attached to an aromatic ring is 1. The molecule has 0 atom stereocenters. The number of aliphatic hydroxyl groups is 1. The van der Waals surface area contributed by atoms with Crippen LogP contribution in [0.15, 0.2) is 18.2 Å².